The molecule has 4 nitrogen and oxygen atoms in total. The maximum atomic E-state index is 11.0. The molecule has 18 heavy (non-hydrogen) atoms. The molecule has 1 rings (SSSR count). The van der Waals surface area contributed by atoms with Crippen molar-refractivity contribution in [3.63, 3.8) is 0 Å². The molecule has 0 heterocycles. The summed E-state index contributed by atoms with van der Waals surface area (Å²) in [7, 11) is 1.66. The summed E-state index contributed by atoms with van der Waals surface area (Å²) in [5, 5.41) is 5.85. The van der Waals surface area contributed by atoms with Crippen molar-refractivity contribution in [3.8, 4) is 5.75 Å². The molecule has 1 aromatic rings. The summed E-state index contributed by atoms with van der Waals surface area (Å²) < 4.78 is 5.59. The molecule has 1 aromatic carbocycles. The van der Waals surface area contributed by atoms with Crippen LogP contribution < -0.4 is 15.4 Å². The molecular formula is C14H22N2O2. The Hall–Kier alpha value is -1.55. The first-order valence-electron chi connectivity index (χ1n) is 6.33. The Morgan fingerprint density at radius 3 is 2.89 bits per heavy atom. The minimum absolute atomic E-state index is 0.0906. The Kier molecular flexibility index (Phi) is 6.87. The molecule has 0 saturated carbocycles. The van der Waals surface area contributed by atoms with E-state index in [1.54, 1.807) is 7.05 Å². The number of ether oxygens (including phenoxy) is 1. The fraction of sp³-hybridized carbons (Fsp3) is 0.500. The highest BCUT2D eigenvalue weighted by molar-refractivity contribution is 5.75. The highest BCUT2D eigenvalue weighted by atomic mass is 16.5. The largest absolute Gasteiger partial charge is 0.492 e. The smallest absolute Gasteiger partial charge is 0.219 e. The summed E-state index contributed by atoms with van der Waals surface area (Å²) in [6.45, 7) is 4.32. The first-order valence-corrected chi connectivity index (χ1v) is 6.33. The van der Waals surface area contributed by atoms with E-state index in [9.17, 15) is 4.79 Å². The maximum Gasteiger partial charge on any atom is 0.219 e. The highest BCUT2D eigenvalue weighted by Crippen LogP contribution is 2.11. The number of rotatable bonds is 8. The van der Waals surface area contributed by atoms with Crippen molar-refractivity contribution < 1.29 is 9.53 Å². The van der Waals surface area contributed by atoms with Crippen LogP contribution in [-0.2, 0) is 4.79 Å². The molecule has 0 atom stereocenters. The van der Waals surface area contributed by atoms with Crippen molar-refractivity contribution >= 4 is 5.91 Å². The minimum atomic E-state index is 0.0906. The van der Waals surface area contributed by atoms with E-state index in [0.717, 1.165) is 25.3 Å². The summed E-state index contributed by atoms with van der Waals surface area (Å²) in [6, 6.07) is 8.01. The Morgan fingerprint density at radius 1 is 1.33 bits per heavy atom. The van der Waals surface area contributed by atoms with Gasteiger partial charge in [0.05, 0.1) is 0 Å². The number of nitrogens with one attached hydrogen (secondary N) is 2. The number of aryl methyl sites for hydroxylation is 1. The minimum Gasteiger partial charge on any atom is -0.492 e. The Morgan fingerprint density at radius 2 is 2.17 bits per heavy atom. The summed E-state index contributed by atoms with van der Waals surface area (Å²) in [5.74, 6) is 0.995. The quantitative estimate of drug-likeness (QED) is 0.687. The van der Waals surface area contributed by atoms with Gasteiger partial charge in [0.1, 0.15) is 12.4 Å². The third-order valence-electron chi connectivity index (χ3n) is 2.57. The summed E-state index contributed by atoms with van der Waals surface area (Å²) in [5.41, 5.74) is 1.20. The number of amides is 1. The summed E-state index contributed by atoms with van der Waals surface area (Å²) in [6.07, 6.45) is 1.42. The van der Waals surface area contributed by atoms with E-state index in [1.165, 1.54) is 5.56 Å². The molecule has 0 fully saturated rings. The maximum absolute atomic E-state index is 11.0. The van der Waals surface area contributed by atoms with Crippen LogP contribution in [0.15, 0.2) is 24.3 Å². The Bertz CT molecular complexity index is 367. The normalized spacial score (nSPS) is 10.1. The summed E-state index contributed by atoms with van der Waals surface area (Å²) in [4.78, 5) is 11.0. The standard InChI is InChI=1S/C14H22N2O2/c1-12-5-3-6-13(11-12)18-10-9-16-8-4-7-14(17)15-2/h3,5-6,11,16H,4,7-10H2,1-2H3,(H,15,17). The lowest BCUT2D eigenvalue weighted by molar-refractivity contribution is -0.120. The van der Waals surface area contributed by atoms with Crippen LogP contribution in [0.2, 0.25) is 0 Å². The van der Waals surface area contributed by atoms with Crippen LogP contribution in [0, 0.1) is 6.92 Å². The third kappa shape index (κ3) is 6.25. The van der Waals surface area contributed by atoms with E-state index in [4.69, 9.17) is 4.74 Å². The van der Waals surface area contributed by atoms with Gasteiger partial charge in [0.2, 0.25) is 5.91 Å². The number of carbonyl (C=O) groups excluding carboxylic acids is 1. The van der Waals surface area contributed by atoms with E-state index in [2.05, 4.69) is 10.6 Å². The van der Waals surface area contributed by atoms with Crippen molar-refractivity contribution in [2.75, 3.05) is 26.7 Å². The molecule has 0 aliphatic heterocycles. The zero-order chi connectivity index (χ0) is 13.2. The molecular weight excluding hydrogens is 228 g/mol. The molecule has 0 radical (unpaired) electrons. The van der Waals surface area contributed by atoms with Crippen molar-refractivity contribution in [2.24, 2.45) is 0 Å². The van der Waals surface area contributed by atoms with Crippen LogP contribution in [0.1, 0.15) is 18.4 Å². The SMILES string of the molecule is CNC(=O)CCCNCCOc1cccc(C)c1. The molecule has 0 aliphatic rings. The van der Waals surface area contributed by atoms with Gasteiger partial charge in [-0.1, -0.05) is 12.1 Å². The second kappa shape index (κ2) is 8.53. The molecule has 0 bridgehead atoms. The number of hydrogen-bond donors (Lipinski definition) is 2. The lowest BCUT2D eigenvalue weighted by Crippen LogP contribution is -2.24. The molecule has 4 heteroatoms. The highest BCUT2D eigenvalue weighted by Gasteiger charge is 1.97. The fourth-order valence-corrected chi connectivity index (χ4v) is 1.57. The van der Waals surface area contributed by atoms with E-state index in [1.807, 2.05) is 31.2 Å². The van der Waals surface area contributed by atoms with Gasteiger partial charge in [-0.3, -0.25) is 4.79 Å². The predicted octanol–water partition coefficient (Wildman–Crippen LogP) is 1.49. The fourth-order valence-electron chi connectivity index (χ4n) is 1.57. The zero-order valence-electron chi connectivity index (χ0n) is 11.2. The first-order chi connectivity index (χ1) is 8.72. The van der Waals surface area contributed by atoms with Gasteiger partial charge >= 0.3 is 0 Å². The number of benzene rings is 1. The number of carbonyl (C=O) groups is 1. The molecule has 0 unspecified atom stereocenters. The van der Waals surface area contributed by atoms with Crippen LogP contribution in [0.25, 0.3) is 0 Å². The average Bonchev–Trinajstić information content (AvgIpc) is 2.37. The van der Waals surface area contributed by atoms with E-state index >= 15 is 0 Å². The van der Waals surface area contributed by atoms with Gasteiger partial charge in [-0.2, -0.15) is 0 Å². The average molecular weight is 250 g/mol. The van der Waals surface area contributed by atoms with Crippen molar-refractivity contribution in [3.05, 3.63) is 29.8 Å². The van der Waals surface area contributed by atoms with Gasteiger partial charge in [-0.05, 0) is 37.6 Å². The monoisotopic (exact) mass is 250 g/mol. The van der Waals surface area contributed by atoms with Gasteiger partial charge in [0.15, 0.2) is 0 Å². The van der Waals surface area contributed by atoms with Gasteiger partial charge < -0.3 is 15.4 Å². The summed E-state index contributed by atoms with van der Waals surface area (Å²) >= 11 is 0. The van der Waals surface area contributed by atoms with Gasteiger partial charge in [0.25, 0.3) is 0 Å². The topological polar surface area (TPSA) is 50.4 Å². The second-order valence-electron chi connectivity index (χ2n) is 4.19. The molecule has 100 valence electrons. The van der Waals surface area contributed by atoms with E-state index in [0.29, 0.717) is 13.0 Å². The Labute approximate surface area is 109 Å². The first kappa shape index (κ1) is 14.5. The van der Waals surface area contributed by atoms with Crippen molar-refractivity contribution in [1.82, 2.24) is 10.6 Å². The van der Waals surface area contributed by atoms with Crippen LogP contribution >= 0.6 is 0 Å². The van der Waals surface area contributed by atoms with Crippen molar-refractivity contribution in [1.29, 1.82) is 0 Å². The predicted molar refractivity (Wildman–Crippen MR) is 72.8 cm³/mol. The number of hydrogen-bond acceptors (Lipinski definition) is 3. The van der Waals surface area contributed by atoms with Gasteiger partial charge in [-0.25, -0.2) is 0 Å². The van der Waals surface area contributed by atoms with Crippen LogP contribution in [0.5, 0.6) is 5.75 Å². The molecule has 0 aromatic heterocycles. The third-order valence-corrected chi connectivity index (χ3v) is 2.57. The molecule has 0 spiro atoms. The van der Waals surface area contributed by atoms with Gasteiger partial charge in [-0.15, -0.1) is 0 Å². The molecule has 2 N–H and O–H groups in total. The molecule has 0 saturated heterocycles. The van der Waals surface area contributed by atoms with Crippen LogP contribution in [-0.4, -0.2) is 32.7 Å². The van der Waals surface area contributed by atoms with Gasteiger partial charge in [0, 0.05) is 20.0 Å². The lowest BCUT2D eigenvalue weighted by atomic mass is 10.2. The second-order valence-corrected chi connectivity index (χ2v) is 4.19. The Balaban J connectivity index is 2.00. The molecule has 1 amide bonds. The van der Waals surface area contributed by atoms with E-state index < -0.39 is 0 Å². The lowest BCUT2D eigenvalue weighted by Gasteiger charge is -2.08. The van der Waals surface area contributed by atoms with Crippen LogP contribution in [0.4, 0.5) is 0 Å². The van der Waals surface area contributed by atoms with Crippen LogP contribution in [0.3, 0.4) is 0 Å². The molecule has 0 aliphatic carbocycles. The zero-order valence-corrected chi connectivity index (χ0v) is 11.2. The van der Waals surface area contributed by atoms with Crippen molar-refractivity contribution in [2.45, 2.75) is 19.8 Å². The van der Waals surface area contributed by atoms with E-state index in [-0.39, 0.29) is 5.91 Å².